The van der Waals surface area contributed by atoms with E-state index in [9.17, 15) is 5.11 Å². The molecule has 0 saturated heterocycles. The topological polar surface area (TPSA) is 93.9 Å². The largest absolute Gasteiger partial charge is 0.492 e. The highest BCUT2D eigenvalue weighted by atomic mass is 32.1. The van der Waals surface area contributed by atoms with E-state index in [0.717, 1.165) is 23.8 Å². The Morgan fingerprint density at radius 3 is 2.91 bits per heavy atom. The van der Waals surface area contributed by atoms with Crippen molar-refractivity contribution in [2.24, 2.45) is 5.92 Å². The average molecular weight is 331 g/mol. The molecule has 0 spiro atoms. The minimum atomic E-state index is -0.109. The lowest BCUT2D eigenvalue weighted by atomic mass is 9.89. The van der Waals surface area contributed by atoms with E-state index in [1.807, 2.05) is 12.1 Å². The SMILES string of the molecule is N=C(NCC1CCCCC1)c1c(O)nsc1Nc1cccnc1. The third-order valence-electron chi connectivity index (χ3n) is 4.14. The van der Waals surface area contributed by atoms with Crippen molar-refractivity contribution >= 4 is 28.1 Å². The van der Waals surface area contributed by atoms with E-state index in [-0.39, 0.29) is 11.7 Å². The van der Waals surface area contributed by atoms with Crippen LogP contribution in [0.4, 0.5) is 10.7 Å². The van der Waals surface area contributed by atoms with Gasteiger partial charge in [0.15, 0.2) is 0 Å². The van der Waals surface area contributed by atoms with Crippen LogP contribution in [0.1, 0.15) is 37.7 Å². The van der Waals surface area contributed by atoms with Crippen molar-refractivity contribution in [3.63, 3.8) is 0 Å². The molecule has 0 amide bonds. The number of aromatic nitrogens is 2. The maximum Gasteiger partial charge on any atom is 0.236 e. The molecule has 1 fully saturated rings. The minimum Gasteiger partial charge on any atom is -0.492 e. The highest BCUT2D eigenvalue weighted by Gasteiger charge is 2.20. The molecule has 1 saturated carbocycles. The van der Waals surface area contributed by atoms with Crippen molar-refractivity contribution in [1.29, 1.82) is 5.41 Å². The summed E-state index contributed by atoms with van der Waals surface area (Å²) in [6, 6.07) is 3.71. The molecule has 2 heterocycles. The van der Waals surface area contributed by atoms with Crippen molar-refractivity contribution in [1.82, 2.24) is 14.7 Å². The summed E-state index contributed by atoms with van der Waals surface area (Å²) in [6.07, 6.45) is 9.70. The van der Waals surface area contributed by atoms with Crippen molar-refractivity contribution in [2.75, 3.05) is 11.9 Å². The fraction of sp³-hybridized carbons (Fsp3) is 0.438. The average Bonchev–Trinajstić information content (AvgIpc) is 2.95. The van der Waals surface area contributed by atoms with Gasteiger partial charge in [0.05, 0.1) is 11.9 Å². The lowest BCUT2D eigenvalue weighted by Crippen LogP contribution is -2.30. The smallest absolute Gasteiger partial charge is 0.236 e. The van der Waals surface area contributed by atoms with Crippen molar-refractivity contribution < 1.29 is 5.11 Å². The number of aromatic hydroxyl groups is 1. The van der Waals surface area contributed by atoms with Gasteiger partial charge >= 0.3 is 0 Å². The normalized spacial score (nSPS) is 15.3. The summed E-state index contributed by atoms with van der Waals surface area (Å²) >= 11 is 1.14. The molecule has 7 heteroatoms. The van der Waals surface area contributed by atoms with Gasteiger partial charge in [-0.3, -0.25) is 10.4 Å². The second-order valence-corrected chi connectivity index (χ2v) is 6.61. The summed E-state index contributed by atoms with van der Waals surface area (Å²) in [7, 11) is 0. The molecule has 0 atom stereocenters. The summed E-state index contributed by atoms with van der Waals surface area (Å²) in [5.74, 6) is 0.725. The van der Waals surface area contributed by atoms with Crippen LogP contribution in [0, 0.1) is 11.3 Å². The van der Waals surface area contributed by atoms with Gasteiger partial charge in [-0.1, -0.05) is 19.3 Å². The number of hydrogen-bond acceptors (Lipinski definition) is 6. The van der Waals surface area contributed by atoms with Gasteiger partial charge in [0, 0.05) is 12.7 Å². The van der Waals surface area contributed by atoms with Crippen LogP contribution in [0.2, 0.25) is 0 Å². The number of nitrogens with one attached hydrogen (secondary N) is 3. The lowest BCUT2D eigenvalue weighted by molar-refractivity contribution is 0.356. The van der Waals surface area contributed by atoms with Crippen LogP contribution in [0.3, 0.4) is 0 Å². The van der Waals surface area contributed by atoms with E-state index in [2.05, 4.69) is 20.0 Å². The number of nitrogens with zero attached hydrogens (tertiary/aromatic N) is 2. The summed E-state index contributed by atoms with van der Waals surface area (Å²) in [5.41, 5.74) is 1.23. The van der Waals surface area contributed by atoms with Crippen molar-refractivity contribution in [2.45, 2.75) is 32.1 Å². The van der Waals surface area contributed by atoms with Crippen LogP contribution in [-0.2, 0) is 0 Å². The van der Waals surface area contributed by atoms with E-state index in [4.69, 9.17) is 5.41 Å². The third-order valence-corrected chi connectivity index (χ3v) is 4.89. The molecule has 2 aromatic rings. The van der Waals surface area contributed by atoms with E-state index < -0.39 is 0 Å². The number of amidine groups is 1. The van der Waals surface area contributed by atoms with Gasteiger partial charge in [-0.05, 0) is 42.4 Å². The summed E-state index contributed by atoms with van der Waals surface area (Å²) in [4.78, 5) is 4.05. The van der Waals surface area contributed by atoms with Gasteiger partial charge in [-0.25, -0.2) is 0 Å². The Balaban J connectivity index is 1.66. The zero-order valence-corrected chi connectivity index (χ0v) is 13.7. The second kappa shape index (κ2) is 7.41. The Hall–Kier alpha value is -2.15. The quantitative estimate of drug-likeness (QED) is 0.497. The fourth-order valence-corrected chi connectivity index (χ4v) is 3.60. The van der Waals surface area contributed by atoms with Crippen LogP contribution < -0.4 is 10.6 Å². The number of rotatable bonds is 5. The van der Waals surface area contributed by atoms with Gasteiger partial charge in [0.2, 0.25) is 5.88 Å². The lowest BCUT2D eigenvalue weighted by Gasteiger charge is -2.22. The van der Waals surface area contributed by atoms with E-state index >= 15 is 0 Å². The molecule has 1 aliphatic rings. The van der Waals surface area contributed by atoms with Gasteiger partial charge in [0.1, 0.15) is 16.4 Å². The number of pyridine rings is 1. The molecule has 0 radical (unpaired) electrons. The van der Waals surface area contributed by atoms with Gasteiger partial charge in [-0.2, -0.15) is 4.37 Å². The van der Waals surface area contributed by atoms with Gasteiger partial charge in [-0.15, -0.1) is 0 Å². The maximum atomic E-state index is 9.98. The first-order valence-corrected chi connectivity index (χ1v) is 8.70. The zero-order chi connectivity index (χ0) is 16.1. The first kappa shape index (κ1) is 15.7. The van der Waals surface area contributed by atoms with Gasteiger partial charge in [0.25, 0.3) is 0 Å². The summed E-state index contributed by atoms with van der Waals surface area (Å²) in [5, 5.41) is 25.2. The Morgan fingerprint density at radius 1 is 1.35 bits per heavy atom. The third kappa shape index (κ3) is 3.98. The van der Waals surface area contributed by atoms with Crippen LogP contribution >= 0.6 is 11.5 Å². The number of hydrogen-bond donors (Lipinski definition) is 4. The predicted octanol–water partition coefficient (Wildman–Crippen LogP) is 3.48. The Bertz CT molecular complexity index is 652. The molecule has 23 heavy (non-hydrogen) atoms. The first-order valence-electron chi connectivity index (χ1n) is 7.92. The molecule has 4 N–H and O–H groups in total. The van der Waals surface area contributed by atoms with E-state index in [0.29, 0.717) is 16.5 Å². The van der Waals surface area contributed by atoms with Crippen LogP contribution in [0.25, 0.3) is 0 Å². The molecule has 122 valence electrons. The highest BCUT2D eigenvalue weighted by molar-refractivity contribution is 7.11. The van der Waals surface area contributed by atoms with Crippen LogP contribution in [0.15, 0.2) is 24.5 Å². The second-order valence-electron chi connectivity index (χ2n) is 5.84. The summed E-state index contributed by atoms with van der Waals surface area (Å²) < 4.78 is 3.96. The minimum absolute atomic E-state index is 0.109. The van der Waals surface area contributed by atoms with Crippen LogP contribution in [-0.4, -0.2) is 26.8 Å². The molecule has 0 unspecified atom stereocenters. The molecule has 6 nitrogen and oxygen atoms in total. The maximum absolute atomic E-state index is 9.98. The Labute approximate surface area is 139 Å². The zero-order valence-electron chi connectivity index (χ0n) is 12.9. The molecule has 0 bridgehead atoms. The molecule has 3 rings (SSSR count). The van der Waals surface area contributed by atoms with E-state index in [1.165, 1.54) is 32.1 Å². The molecule has 0 aliphatic heterocycles. The molecule has 0 aromatic carbocycles. The monoisotopic (exact) mass is 331 g/mol. The van der Waals surface area contributed by atoms with Crippen molar-refractivity contribution in [3.05, 3.63) is 30.1 Å². The van der Waals surface area contributed by atoms with Crippen molar-refractivity contribution in [3.8, 4) is 5.88 Å². The van der Waals surface area contributed by atoms with E-state index in [1.54, 1.807) is 12.4 Å². The highest BCUT2D eigenvalue weighted by Crippen LogP contribution is 2.32. The number of anilines is 2. The van der Waals surface area contributed by atoms with Crippen LogP contribution in [0.5, 0.6) is 5.88 Å². The fourth-order valence-electron chi connectivity index (χ4n) is 2.89. The summed E-state index contributed by atoms with van der Waals surface area (Å²) in [6.45, 7) is 0.778. The Kier molecular flexibility index (Phi) is 5.07. The standard InChI is InChI=1S/C16H21N5OS/c17-14(19-9-11-5-2-1-3-6-11)13-15(22)21-23-16(13)20-12-7-4-8-18-10-12/h4,7-8,10-11,20H,1-3,5-6,9H2,(H2,17,19)(H,21,22). The molecular weight excluding hydrogens is 310 g/mol. The predicted molar refractivity (Wildman–Crippen MR) is 92.7 cm³/mol. The molecular formula is C16H21N5OS. The van der Waals surface area contributed by atoms with Gasteiger partial charge < -0.3 is 15.7 Å². The Morgan fingerprint density at radius 2 is 2.17 bits per heavy atom. The molecule has 2 aromatic heterocycles. The molecule has 1 aliphatic carbocycles. The first-order chi connectivity index (χ1) is 11.2.